The minimum atomic E-state index is -1.20. The molecule has 10 nitrogen and oxygen atoms in total. The Kier molecular flexibility index (Phi) is 14.3. The summed E-state index contributed by atoms with van der Waals surface area (Å²) < 4.78 is 18.1. The number of nitrogens with zero attached hydrogens (tertiary/aromatic N) is 1. The second-order valence-electron chi connectivity index (χ2n) is 12.0. The lowest BCUT2D eigenvalue weighted by Crippen LogP contribution is -2.56. The van der Waals surface area contributed by atoms with E-state index in [0.29, 0.717) is 12.8 Å². The van der Waals surface area contributed by atoms with Gasteiger partial charge in [0, 0.05) is 30.2 Å². The molecule has 0 aromatic heterocycles. The Balaban J connectivity index is 2.50. The van der Waals surface area contributed by atoms with Crippen molar-refractivity contribution in [3.63, 3.8) is 0 Å². The average Bonchev–Trinajstić information content (AvgIpc) is 2.92. The molecular formula is C31H51NO9. The highest BCUT2D eigenvalue weighted by atomic mass is 16.7. The molecule has 3 N–H and O–H groups in total. The van der Waals surface area contributed by atoms with Crippen LogP contribution in [-0.2, 0) is 28.6 Å². The summed E-state index contributed by atoms with van der Waals surface area (Å²) in [4.78, 5) is 39.8. The van der Waals surface area contributed by atoms with Gasteiger partial charge in [-0.2, -0.15) is 0 Å². The van der Waals surface area contributed by atoms with E-state index >= 15 is 0 Å². The second-order valence-corrected chi connectivity index (χ2v) is 12.0. The van der Waals surface area contributed by atoms with Gasteiger partial charge in [-0.15, -0.1) is 0 Å². The van der Waals surface area contributed by atoms with E-state index in [-0.39, 0.29) is 43.8 Å². The van der Waals surface area contributed by atoms with Crippen LogP contribution in [0.2, 0.25) is 0 Å². The predicted octanol–water partition coefficient (Wildman–Crippen LogP) is 2.43. The molecular weight excluding hydrogens is 530 g/mol. The van der Waals surface area contributed by atoms with Crippen molar-refractivity contribution in [3.05, 3.63) is 23.8 Å². The number of hydrogen-bond donors (Lipinski definition) is 3. The molecule has 0 aliphatic carbocycles. The van der Waals surface area contributed by atoms with Gasteiger partial charge in [-0.3, -0.25) is 9.59 Å². The van der Waals surface area contributed by atoms with Crippen molar-refractivity contribution in [2.75, 3.05) is 20.7 Å². The van der Waals surface area contributed by atoms with Gasteiger partial charge in [-0.05, 0) is 59.2 Å². The molecule has 0 saturated carbocycles. The van der Waals surface area contributed by atoms with Gasteiger partial charge in [0.05, 0.1) is 31.3 Å². The van der Waals surface area contributed by atoms with Crippen LogP contribution in [0.1, 0.15) is 66.7 Å². The summed E-state index contributed by atoms with van der Waals surface area (Å²) in [6.07, 6.45) is 1.85. The highest BCUT2D eigenvalue weighted by Crippen LogP contribution is 2.34. The summed E-state index contributed by atoms with van der Waals surface area (Å²) in [5.41, 5.74) is 0.735. The Bertz CT molecular complexity index is 919. The topological polar surface area (TPSA) is 143 Å². The standard InChI is InChI=1S/C31H51NO9/c1-8-27-23(17-34)13-18(2)9-10-25(35)19(3)14-22(11-12-33)30(21(5)26(36)16-28(37)40-27)41-31-29(38)24(32(6)7)15-20(4)39-31/h9-10,12-13,19-24,26-27,29-31,34,36,38H,8,11,14-17H2,1-7H3/b10-9+,18-13+/t19-,20-,21+,22-,23-,24+,26-,27-,29-,30-,31+/m1/s1. The van der Waals surface area contributed by atoms with Crippen molar-refractivity contribution >= 4 is 18.0 Å². The summed E-state index contributed by atoms with van der Waals surface area (Å²) in [6.45, 7) is 8.78. The molecule has 1 fully saturated rings. The number of hydrogen-bond acceptors (Lipinski definition) is 10. The third-order valence-corrected chi connectivity index (χ3v) is 8.44. The molecule has 10 heteroatoms. The van der Waals surface area contributed by atoms with Crippen LogP contribution < -0.4 is 0 Å². The molecule has 0 bridgehead atoms. The SMILES string of the molecule is CC[C@H]1OC(=O)C[C@@H](O)[C@H](C)[C@@H](O[C@@H]2O[C@H](C)C[C@H](N(C)C)[C@H]2O)[C@H](CC=O)C[C@@H](C)C(=O)/C=C/C(C)=C/[C@@H]1CO. The van der Waals surface area contributed by atoms with Gasteiger partial charge >= 0.3 is 5.97 Å². The van der Waals surface area contributed by atoms with E-state index in [4.69, 9.17) is 14.2 Å². The first-order valence-electron chi connectivity index (χ1n) is 14.8. The molecule has 41 heavy (non-hydrogen) atoms. The molecule has 234 valence electrons. The fraction of sp³-hybridized carbons (Fsp3) is 0.774. The average molecular weight is 582 g/mol. The van der Waals surface area contributed by atoms with E-state index in [1.807, 2.05) is 32.8 Å². The fourth-order valence-corrected chi connectivity index (χ4v) is 5.85. The maximum absolute atomic E-state index is 13.1. The van der Waals surface area contributed by atoms with Crippen LogP contribution in [0, 0.1) is 23.7 Å². The smallest absolute Gasteiger partial charge is 0.308 e. The molecule has 0 unspecified atom stereocenters. The second kappa shape index (κ2) is 16.6. The Morgan fingerprint density at radius 3 is 2.39 bits per heavy atom. The maximum Gasteiger partial charge on any atom is 0.308 e. The number of cyclic esters (lactones) is 1. The number of allylic oxidation sites excluding steroid dienone is 3. The van der Waals surface area contributed by atoms with Gasteiger partial charge in [-0.25, -0.2) is 0 Å². The van der Waals surface area contributed by atoms with Crippen LogP contribution in [0.3, 0.4) is 0 Å². The van der Waals surface area contributed by atoms with Crippen LogP contribution in [0.4, 0.5) is 0 Å². The quantitative estimate of drug-likeness (QED) is 0.303. The van der Waals surface area contributed by atoms with Crippen LogP contribution in [0.25, 0.3) is 0 Å². The highest BCUT2D eigenvalue weighted by Gasteiger charge is 2.43. The lowest BCUT2D eigenvalue weighted by molar-refractivity contribution is -0.283. The Morgan fingerprint density at radius 2 is 1.80 bits per heavy atom. The van der Waals surface area contributed by atoms with E-state index in [1.54, 1.807) is 32.9 Å². The van der Waals surface area contributed by atoms with Crippen molar-refractivity contribution in [1.82, 2.24) is 4.90 Å². The first-order valence-corrected chi connectivity index (χ1v) is 14.8. The van der Waals surface area contributed by atoms with E-state index in [9.17, 15) is 29.7 Å². The molecule has 2 aliphatic heterocycles. The Labute approximate surface area is 244 Å². The third-order valence-electron chi connectivity index (χ3n) is 8.44. The van der Waals surface area contributed by atoms with Crippen molar-refractivity contribution in [1.29, 1.82) is 0 Å². The maximum atomic E-state index is 13.1. The number of likely N-dealkylation sites (N-methyl/N-ethyl adjacent to an activating group) is 1. The minimum absolute atomic E-state index is 0.0536. The van der Waals surface area contributed by atoms with Gasteiger partial charge in [0.2, 0.25) is 0 Å². The van der Waals surface area contributed by atoms with Gasteiger partial charge in [0.1, 0.15) is 18.5 Å². The fourth-order valence-electron chi connectivity index (χ4n) is 5.85. The van der Waals surface area contributed by atoms with Gasteiger partial charge in [0.15, 0.2) is 12.1 Å². The van der Waals surface area contributed by atoms with E-state index in [2.05, 4.69) is 0 Å². The van der Waals surface area contributed by atoms with Crippen molar-refractivity contribution in [2.24, 2.45) is 23.7 Å². The third kappa shape index (κ3) is 10.1. The number of esters is 1. The number of ether oxygens (including phenoxy) is 3. The summed E-state index contributed by atoms with van der Waals surface area (Å²) in [6, 6.07) is -0.234. The number of ketones is 1. The summed E-state index contributed by atoms with van der Waals surface area (Å²) >= 11 is 0. The van der Waals surface area contributed by atoms with E-state index < -0.39 is 60.3 Å². The Hall–Kier alpha value is -1.95. The van der Waals surface area contributed by atoms with Crippen molar-refractivity contribution in [2.45, 2.75) is 110 Å². The van der Waals surface area contributed by atoms with E-state index in [1.165, 1.54) is 6.08 Å². The zero-order chi connectivity index (χ0) is 30.9. The van der Waals surface area contributed by atoms with Crippen LogP contribution in [0.5, 0.6) is 0 Å². The molecule has 0 aromatic rings. The van der Waals surface area contributed by atoms with Crippen LogP contribution >= 0.6 is 0 Å². The molecule has 0 radical (unpaired) electrons. The number of aliphatic hydroxyl groups excluding tert-OH is 3. The summed E-state index contributed by atoms with van der Waals surface area (Å²) in [5.74, 6) is -2.89. The van der Waals surface area contributed by atoms with Crippen molar-refractivity contribution < 1.29 is 43.9 Å². The number of carbonyl (C=O) groups excluding carboxylic acids is 3. The lowest BCUT2D eigenvalue weighted by atomic mass is 9.79. The molecule has 0 aromatic carbocycles. The number of aliphatic hydroxyl groups is 3. The minimum Gasteiger partial charge on any atom is -0.462 e. The molecule has 1 saturated heterocycles. The zero-order valence-corrected chi connectivity index (χ0v) is 25.6. The number of aldehydes is 1. The largest absolute Gasteiger partial charge is 0.462 e. The normalized spacial score (nSPS) is 40.5. The number of carbonyl (C=O) groups is 3. The molecule has 0 spiro atoms. The highest BCUT2D eigenvalue weighted by molar-refractivity contribution is 5.91. The zero-order valence-electron chi connectivity index (χ0n) is 25.6. The first kappa shape index (κ1) is 35.2. The summed E-state index contributed by atoms with van der Waals surface area (Å²) in [7, 11) is 3.73. The molecule has 2 aliphatic rings. The molecule has 2 heterocycles. The predicted molar refractivity (Wildman–Crippen MR) is 154 cm³/mol. The van der Waals surface area contributed by atoms with Crippen molar-refractivity contribution in [3.8, 4) is 0 Å². The van der Waals surface area contributed by atoms with Crippen LogP contribution in [0.15, 0.2) is 23.8 Å². The molecule has 2 rings (SSSR count). The van der Waals surface area contributed by atoms with E-state index in [0.717, 1.165) is 11.9 Å². The first-order chi connectivity index (χ1) is 19.3. The Morgan fingerprint density at radius 1 is 1.12 bits per heavy atom. The van der Waals surface area contributed by atoms with Crippen LogP contribution in [-0.4, -0.2) is 102 Å². The van der Waals surface area contributed by atoms with Gasteiger partial charge < -0.3 is 39.2 Å². The van der Waals surface area contributed by atoms with Gasteiger partial charge in [-0.1, -0.05) is 38.5 Å². The molecule has 11 atom stereocenters. The molecule has 0 amide bonds. The van der Waals surface area contributed by atoms with Gasteiger partial charge in [0.25, 0.3) is 0 Å². The summed E-state index contributed by atoms with van der Waals surface area (Å²) in [5, 5.41) is 32.3. The lowest BCUT2D eigenvalue weighted by Gasteiger charge is -2.44. The number of rotatable bonds is 7. The monoisotopic (exact) mass is 581 g/mol.